The van der Waals surface area contributed by atoms with Crippen LogP contribution in [0.4, 0.5) is 0 Å². The van der Waals surface area contributed by atoms with Gasteiger partial charge in [0, 0.05) is 24.0 Å². The Morgan fingerprint density at radius 3 is 3.05 bits per heavy atom. The van der Waals surface area contributed by atoms with Gasteiger partial charge < -0.3 is 10.1 Å². The molecule has 0 saturated carbocycles. The van der Waals surface area contributed by atoms with Crippen LogP contribution in [0.2, 0.25) is 0 Å². The number of rotatable bonds is 5. The zero-order valence-electron chi connectivity index (χ0n) is 11.3. The molecule has 1 aromatic rings. The lowest BCUT2D eigenvalue weighted by atomic mass is 10.3. The van der Waals surface area contributed by atoms with Crippen LogP contribution in [0.25, 0.3) is 0 Å². The smallest absolute Gasteiger partial charge is 0.244 e. The van der Waals surface area contributed by atoms with Crippen molar-refractivity contribution in [1.82, 2.24) is 9.62 Å². The van der Waals surface area contributed by atoms with E-state index >= 15 is 0 Å². The number of sulfonamides is 1. The van der Waals surface area contributed by atoms with E-state index in [4.69, 9.17) is 4.74 Å². The molecule has 7 heteroatoms. The van der Waals surface area contributed by atoms with E-state index in [1.807, 2.05) is 19.2 Å². The maximum atomic E-state index is 12.7. The maximum absolute atomic E-state index is 12.7. The first-order valence-corrected chi connectivity index (χ1v) is 8.76. The lowest BCUT2D eigenvalue weighted by Gasteiger charge is -2.32. The van der Waals surface area contributed by atoms with E-state index in [0.29, 0.717) is 31.2 Å². The average Bonchev–Trinajstić information content (AvgIpc) is 2.85. The lowest BCUT2D eigenvalue weighted by molar-refractivity contribution is 0.0392. The van der Waals surface area contributed by atoms with Crippen LogP contribution in [0, 0.1) is 0 Å². The van der Waals surface area contributed by atoms with Crippen LogP contribution < -0.4 is 5.32 Å². The molecule has 1 unspecified atom stereocenters. The molecule has 1 aliphatic heterocycles. The lowest BCUT2D eigenvalue weighted by Crippen LogP contribution is -2.47. The summed E-state index contributed by atoms with van der Waals surface area (Å²) in [5.41, 5.74) is 0. The number of ether oxygens (including phenoxy) is 1. The van der Waals surface area contributed by atoms with Crippen LogP contribution in [0.3, 0.4) is 0 Å². The number of hydrogen-bond acceptors (Lipinski definition) is 5. The molecule has 1 atom stereocenters. The Labute approximate surface area is 118 Å². The topological polar surface area (TPSA) is 58.6 Å². The summed E-state index contributed by atoms with van der Waals surface area (Å²) >= 11 is 1.48. The molecule has 1 aliphatic rings. The molecule has 2 rings (SSSR count). The van der Waals surface area contributed by atoms with Crippen molar-refractivity contribution in [3.63, 3.8) is 0 Å². The fourth-order valence-electron chi connectivity index (χ4n) is 2.12. The van der Waals surface area contributed by atoms with Crippen molar-refractivity contribution in [3.05, 3.63) is 16.3 Å². The van der Waals surface area contributed by atoms with Crippen LogP contribution in [0.1, 0.15) is 18.7 Å². The van der Waals surface area contributed by atoms with Crippen LogP contribution >= 0.6 is 11.3 Å². The van der Waals surface area contributed by atoms with Gasteiger partial charge in [-0.25, -0.2) is 8.42 Å². The molecule has 0 radical (unpaired) electrons. The minimum atomic E-state index is -3.41. The first-order valence-electron chi connectivity index (χ1n) is 6.44. The fraction of sp³-hybridized carbons (Fsp3) is 0.667. The third-order valence-corrected chi connectivity index (χ3v) is 6.28. The van der Waals surface area contributed by atoms with E-state index in [1.165, 1.54) is 11.3 Å². The van der Waals surface area contributed by atoms with Crippen molar-refractivity contribution in [2.45, 2.75) is 31.3 Å². The molecule has 1 saturated heterocycles. The minimum Gasteiger partial charge on any atom is -0.378 e. The molecule has 2 heterocycles. The highest BCUT2D eigenvalue weighted by Gasteiger charge is 2.33. The zero-order valence-corrected chi connectivity index (χ0v) is 12.9. The van der Waals surface area contributed by atoms with Crippen LogP contribution in [-0.4, -0.2) is 45.1 Å². The fourth-order valence-corrected chi connectivity index (χ4v) is 5.11. The van der Waals surface area contributed by atoms with Crippen molar-refractivity contribution in [3.8, 4) is 0 Å². The summed E-state index contributed by atoms with van der Waals surface area (Å²) in [6.45, 7) is 6.67. The molecule has 108 valence electrons. The molecule has 1 aromatic heterocycles. The van der Waals surface area contributed by atoms with Gasteiger partial charge in [-0.15, -0.1) is 11.3 Å². The van der Waals surface area contributed by atoms with Gasteiger partial charge in [-0.1, -0.05) is 6.92 Å². The molecule has 1 N–H and O–H groups in total. The normalized spacial score (nSPS) is 21.7. The van der Waals surface area contributed by atoms with E-state index in [1.54, 1.807) is 10.4 Å². The number of thiophene rings is 1. The van der Waals surface area contributed by atoms with Gasteiger partial charge in [0.1, 0.15) is 0 Å². The summed E-state index contributed by atoms with van der Waals surface area (Å²) in [6.07, 6.45) is 0. The van der Waals surface area contributed by atoms with Gasteiger partial charge in [-0.05, 0) is 24.9 Å². The maximum Gasteiger partial charge on any atom is 0.244 e. The number of nitrogens with one attached hydrogen (secondary N) is 1. The summed E-state index contributed by atoms with van der Waals surface area (Å²) in [4.78, 5) is 1.31. The van der Waals surface area contributed by atoms with Gasteiger partial charge >= 0.3 is 0 Å². The summed E-state index contributed by atoms with van der Waals surface area (Å²) in [7, 11) is -3.41. The first-order chi connectivity index (χ1) is 9.07. The SMILES string of the molecule is CCNCc1sccc1S(=O)(=O)N1CCOCC1C. The molecule has 1 fully saturated rings. The molecule has 0 amide bonds. The van der Waals surface area contributed by atoms with E-state index < -0.39 is 10.0 Å². The molecular formula is C12H20N2O3S2. The summed E-state index contributed by atoms with van der Waals surface area (Å²) in [6, 6.07) is 1.60. The Kier molecular flexibility index (Phi) is 4.97. The Hall–Kier alpha value is -0.470. The first kappa shape index (κ1) is 14.9. The minimum absolute atomic E-state index is 0.106. The summed E-state index contributed by atoms with van der Waals surface area (Å²) in [5.74, 6) is 0. The van der Waals surface area contributed by atoms with Gasteiger partial charge in [-0.2, -0.15) is 4.31 Å². The second-order valence-electron chi connectivity index (χ2n) is 4.53. The van der Waals surface area contributed by atoms with Crippen LogP contribution in [0.15, 0.2) is 16.3 Å². The predicted octanol–water partition coefficient (Wildman–Crippen LogP) is 1.27. The number of nitrogens with zero attached hydrogens (tertiary/aromatic N) is 1. The number of morpholine rings is 1. The predicted molar refractivity (Wildman–Crippen MR) is 75.9 cm³/mol. The molecular weight excluding hydrogens is 284 g/mol. The third kappa shape index (κ3) is 3.17. The van der Waals surface area contributed by atoms with Crippen molar-refractivity contribution in [2.24, 2.45) is 0 Å². The quantitative estimate of drug-likeness (QED) is 0.890. The standard InChI is InChI=1S/C12H20N2O3S2/c1-3-13-8-11-12(4-7-18-11)19(15,16)14-5-6-17-9-10(14)2/h4,7,10,13H,3,5-6,8-9H2,1-2H3. The van der Waals surface area contributed by atoms with E-state index in [-0.39, 0.29) is 6.04 Å². The zero-order chi connectivity index (χ0) is 13.9. The van der Waals surface area contributed by atoms with E-state index in [0.717, 1.165) is 11.4 Å². The van der Waals surface area contributed by atoms with Crippen molar-refractivity contribution < 1.29 is 13.2 Å². The largest absolute Gasteiger partial charge is 0.378 e. The van der Waals surface area contributed by atoms with Crippen LogP contribution in [0.5, 0.6) is 0 Å². The Morgan fingerprint density at radius 2 is 2.37 bits per heavy atom. The van der Waals surface area contributed by atoms with E-state index in [9.17, 15) is 8.42 Å². The van der Waals surface area contributed by atoms with Crippen molar-refractivity contribution in [2.75, 3.05) is 26.3 Å². The molecule has 0 spiro atoms. The molecule has 0 aromatic carbocycles. The monoisotopic (exact) mass is 304 g/mol. The molecule has 19 heavy (non-hydrogen) atoms. The molecule has 0 aliphatic carbocycles. The summed E-state index contributed by atoms with van der Waals surface area (Å²) in [5, 5.41) is 5.02. The van der Waals surface area contributed by atoms with E-state index in [2.05, 4.69) is 5.32 Å². The van der Waals surface area contributed by atoms with Gasteiger partial charge in [0.15, 0.2) is 0 Å². The summed E-state index contributed by atoms with van der Waals surface area (Å²) < 4.78 is 32.2. The highest BCUT2D eigenvalue weighted by Crippen LogP contribution is 2.27. The molecule has 0 bridgehead atoms. The Balaban J connectivity index is 2.26. The Bertz CT molecular complexity index is 513. The average molecular weight is 304 g/mol. The highest BCUT2D eigenvalue weighted by atomic mass is 32.2. The second-order valence-corrected chi connectivity index (χ2v) is 7.39. The van der Waals surface area contributed by atoms with Gasteiger partial charge in [-0.3, -0.25) is 0 Å². The van der Waals surface area contributed by atoms with Gasteiger partial charge in [0.25, 0.3) is 0 Å². The van der Waals surface area contributed by atoms with Crippen LogP contribution in [-0.2, 0) is 21.3 Å². The van der Waals surface area contributed by atoms with Gasteiger partial charge in [0.05, 0.1) is 18.1 Å². The second kappa shape index (κ2) is 6.32. The Morgan fingerprint density at radius 1 is 1.58 bits per heavy atom. The van der Waals surface area contributed by atoms with Crippen molar-refractivity contribution >= 4 is 21.4 Å². The number of hydrogen-bond donors (Lipinski definition) is 1. The third-order valence-electron chi connectivity index (χ3n) is 3.13. The van der Waals surface area contributed by atoms with Gasteiger partial charge in [0.2, 0.25) is 10.0 Å². The highest BCUT2D eigenvalue weighted by molar-refractivity contribution is 7.89. The molecule has 5 nitrogen and oxygen atoms in total. The van der Waals surface area contributed by atoms with Crippen molar-refractivity contribution in [1.29, 1.82) is 0 Å².